The predicted molar refractivity (Wildman–Crippen MR) is 100 cm³/mol. The summed E-state index contributed by atoms with van der Waals surface area (Å²) in [6, 6.07) is 6.12. The summed E-state index contributed by atoms with van der Waals surface area (Å²) < 4.78 is 2.08. The van der Waals surface area contributed by atoms with Crippen LogP contribution in [0.4, 0.5) is 0 Å². The van der Waals surface area contributed by atoms with Crippen LogP contribution >= 0.6 is 11.8 Å². The molecule has 3 aromatic rings. The van der Waals surface area contributed by atoms with Crippen LogP contribution in [0.15, 0.2) is 24.5 Å². The van der Waals surface area contributed by atoms with E-state index in [-0.39, 0.29) is 5.91 Å². The number of carbonyl (C=O) groups excluding carboxylic acids is 1. The van der Waals surface area contributed by atoms with Gasteiger partial charge in [0.25, 0.3) is 5.91 Å². The third kappa shape index (κ3) is 3.16. The lowest BCUT2D eigenvalue weighted by Crippen LogP contribution is -2.38. The summed E-state index contributed by atoms with van der Waals surface area (Å²) in [6.07, 6.45) is 1.84. The van der Waals surface area contributed by atoms with E-state index in [0.717, 1.165) is 41.3 Å². The number of imidazole rings is 1. The molecule has 1 aliphatic rings. The topological polar surface area (TPSA) is 66.8 Å². The Kier molecular flexibility index (Phi) is 4.25. The van der Waals surface area contributed by atoms with E-state index in [1.54, 1.807) is 0 Å². The third-order valence-electron chi connectivity index (χ3n) is 4.73. The van der Waals surface area contributed by atoms with Crippen molar-refractivity contribution in [2.24, 2.45) is 0 Å². The molecule has 0 atom stereocenters. The zero-order valence-corrected chi connectivity index (χ0v) is 15.3. The second kappa shape index (κ2) is 6.55. The highest BCUT2D eigenvalue weighted by Crippen LogP contribution is 2.19. The minimum Gasteiger partial charge on any atom is -0.336 e. The smallest absolute Gasteiger partial charge is 0.274 e. The Balaban J connectivity index is 1.55. The predicted octanol–water partition coefficient (Wildman–Crippen LogP) is 2.61. The van der Waals surface area contributed by atoms with Crippen LogP contribution in [-0.2, 0) is 6.54 Å². The highest BCUT2D eigenvalue weighted by Gasteiger charge is 2.20. The van der Waals surface area contributed by atoms with Crippen LogP contribution in [0.2, 0.25) is 0 Å². The second-order valence-electron chi connectivity index (χ2n) is 6.48. The summed E-state index contributed by atoms with van der Waals surface area (Å²) in [4.78, 5) is 18.9. The number of carbonyl (C=O) groups is 1. The molecule has 1 N–H and O–H groups in total. The number of benzene rings is 1. The van der Waals surface area contributed by atoms with Crippen molar-refractivity contribution in [1.29, 1.82) is 0 Å². The Hall–Kier alpha value is -2.28. The van der Waals surface area contributed by atoms with Gasteiger partial charge in [0.15, 0.2) is 0 Å². The van der Waals surface area contributed by atoms with Crippen LogP contribution in [-0.4, -0.2) is 55.2 Å². The molecule has 25 heavy (non-hydrogen) atoms. The number of aromatic nitrogens is 4. The van der Waals surface area contributed by atoms with Crippen molar-refractivity contribution in [2.45, 2.75) is 20.4 Å². The number of nitrogens with one attached hydrogen (secondary N) is 1. The average Bonchev–Trinajstić information content (AvgIpc) is 3.24. The normalized spacial score (nSPS) is 15.0. The van der Waals surface area contributed by atoms with Gasteiger partial charge in [0, 0.05) is 24.6 Å². The third-order valence-corrected chi connectivity index (χ3v) is 5.67. The molecule has 0 radical (unpaired) electrons. The maximum absolute atomic E-state index is 12.5. The highest BCUT2D eigenvalue weighted by atomic mass is 32.2. The second-order valence-corrected chi connectivity index (χ2v) is 7.71. The van der Waals surface area contributed by atoms with E-state index in [9.17, 15) is 4.79 Å². The molecule has 1 saturated heterocycles. The summed E-state index contributed by atoms with van der Waals surface area (Å²) in [5.41, 5.74) is 5.98. The first-order valence-corrected chi connectivity index (χ1v) is 9.60. The zero-order valence-electron chi connectivity index (χ0n) is 14.5. The average molecular weight is 355 g/mol. The number of nitrogens with zero attached hydrogens (tertiary/aromatic N) is 4. The fourth-order valence-electron chi connectivity index (χ4n) is 3.10. The Morgan fingerprint density at radius 3 is 2.76 bits per heavy atom. The molecule has 0 unspecified atom stereocenters. The van der Waals surface area contributed by atoms with Gasteiger partial charge in [0.05, 0.1) is 29.6 Å². The van der Waals surface area contributed by atoms with Crippen molar-refractivity contribution in [3.8, 4) is 0 Å². The number of thioether (sulfide) groups is 1. The Bertz CT molecular complexity index is 923. The molecular weight excluding hydrogens is 334 g/mol. The number of hydrogen-bond donors (Lipinski definition) is 1. The summed E-state index contributed by atoms with van der Waals surface area (Å²) in [5, 5.41) is 7.23. The fraction of sp³-hybridized carbons (Fsp3) is 0.389. The van der Waals surface area contributed by atoms with Crippen LogP contribution in [0.1, 0.15) is 27.3 Å². The number of hydrogen-bond acceptors (Lipinski definition) is 4. The Labute approximate surface area is 150 Å². The fourth-order valence-corrected chi connectivity index (χ4v) is 4.01. The number of aromatic amines is 1. The molecule has 0 bridgehead atoms. The maximum Gasteiger partial charge on any atom is 0.274 e. The van der Waals surface area contributed by atoms with Gasteiger partial charge in [0.2, 0.25) is 0 Å². The highest BCUT2D eigenvalue weighted by molar-refractivity contribution is 7.99. The molecule has 7 heteroatoms. The summed E-state index contributed by atoms with van der Waals surface area (Å²) in [6.45, 7) is 6.43. The standard InChI is InChI=1S/C18H21N5OS/c1-12-7-15-17(8-13(12)2)23(11-19-15)10-14-9-16(21-20-14)18(24)22-3-5-25-6-4-22/h7-9,11H,3-6,10H2,1-2H3,(H,20,21). The lowest BCUT2D eigenvalue weighted by Gasteiger charge is -2.25. The van der Waals surface area contributed by atoms with Gasteiger partial charge in [-0.1, -0.05) is 0 Å². The van der Waals surface area contributed by atoms with Gasteiger partial charge < -0.3 is 9.47 Å². The van der Waals surface area contributed by atoms with E-state index in [1.807, 2.05) is 29.1 Å². The SMILES string of the molecule is Cc1cc2ncn(Cc3cc(C(=O)N4CCSCC4)n[nH]3)c2cc1C. The zero-order chi connectivity index (χ0) is 17.4. The molecule has 2 aromatic heterocycles. The number of aryl methyl sites for hydroxylation is 2. The molecule has 0 spiro atoms. The molecule has 130 valence electrons. The van der Waals surface area contributed by atoms with E-state index in [0.29, 0.717) is 12.2 Å². The van der Waals surface area contributed by atoms with Crippen LogP contribution in [0.5, 0.6) is 0 Å². The van der Waals surface area contributed by atoms with Gasteiger partial charge >= 0.3 is 0 Å². The summed E-state index contributed by atoms with van der Waals surface area (Å²) >= 11 is 1.89. The maximum atomic E-state index is 12.5. The molecule has 3 heterocycles. The number of amides is 1. The van der Waals surface area contributed by atoms with E-state index in [1.165, 1.54) is 11.1 Å². The van der Waals surface area contributed by atoms with Gasteiger partial charge in [-0.3, -0.25) is 9.89 Å². The van der Waals surface area contributed by atoms with Gasteiger partial charge in [0.1, 0.15) is 5.69 Å². The van der Waals surface area contributed by atoms with Crippen LogP contribution in [0.25, 0.3) is 11.0 Å². The van der Waals surface area contributed by atoms with E-state index < -0.39 is 0 Å². The Morgan fingerprint density at radius 1 is 1.20 bits per heavy atom. The number of rotatable bonds is 3. The van der Waals surface area contributed by atoms with Crippen LogP contribution in [0, 0.1) is 13.8 Å². The number of fused-ring (bicyclic) bond motifs is 1. The lowest BCUT2D eigenvalue weighted by molar-refractivity contribution is 0.0766. The minimum absolute atomic E-state index is 0.0183. The van der Waals surface area contributed by atoms with E-state index >= 15 is 0 Å². The molecular formula is C18H21N5OS. The van der Waals surface area contributed by atoms with Crippen molar-refractivity contribution < 1.29 is 4.79 Å². The van der Waals surface area contributed by atoms with Crippen molar-refractivity contribution in [1.82, 2.24) is 24.6 Å². The molecule has 4 rings (SSSR count). The van der Waals surface area contributed by atoms with Crippen molar-refractivity contribution in [3.63, 3.8) is 0 Å². The largest absolute Gasteiger partial charge is 0.336 e. The van der Waals surface area contributed by atoms with Crippen molar-refractivity contribution >= 4 is 28.7 Å². The molecule has 0 saturated carbocycles. The first kappa shape index (κ1) is 16.2. The van der Waals surface area contributed by atoms with E-state index in [4.69, 9.17) is 0 Å². The summed E-state index contributed by atoms with van der Waals surface area (Å²) in [7, 11) is 0. The molecule has 0 aliphatic carbocycles. The molecule has 1 aromatic carbocycles. The molecule has 1 amide bonds. The molecule has 6 nitrogen and oxygen atoms in total. The van der Waals surface area contributed by atoms with Crippen LogP contribution < -0.4 is 0 Å². The van der Waals surface area contributed by atoms with Gasteiger partial charge in [-0.15, -0.1) is 0 Å². The first-order valence-electron chi connectivity index (χ1n) is 8.45. The Morgan fingerprint density at radius 2 is 1.96 bits per heavy atom. The van der Waals surface area contributed by atoms with Gasteiger partial charge in [-0.05, 0) is 43.2 Å². The minimum atomic E-state index is 0.0183. The lowest BCUT2D eigenvalue weighted by atomic mass is 10.1. The van der Waals surface area contributed by atoms with Gasteiger partial charge in [-0.25, -0.2) is 4.98 Å². The van der Waals surface area contributed by atoms with Crippen molar-refractivity contribution in [3.05, 3.63) is 47.0 Å². The summed E-state index contributed by atoms with van der Waals surface area (Å²) in [5.74, 6) is 2.02. The molecule has 1 fully saturated rings. The molecule has 1 aliphatic heterocycles. The van der Waals surface area contributed by atoms with E-state index in [2.05, 4.69) is 45.7 Å². The quantitative estimate of drug-likeness (QED) is 0.784. The van der Waals surface area contributed by atoms with Gasteiger partial charge in [-0.2, -0.15) is 16.9 Å². The monoisotopic (exact) mass is 355 g/mol. The van der Waals surface area contributed by atoms with Crippen LogP contribution in [0.3, 0.4) is 0 Å². The number of H-pyrrole nitrogens is 1. The first-order chi connectivity index (χ1) is 12.1. The van der Waals surface area contributed by atoms with Crippen molar-refractivity contribution in [2.75, 3.05) is 24.6 Å².